The Kier molecular flexibility index (Phi) is 5.55. The minimum absolute atomic E-state index is 0.0698. The summed E-state index contributed by atoms with van der Waals surface area (Å²) in [5.41, 5.74) is 3.88. The van der Waals surface area contributed by atoms with Crippen molar-refractivity contribution in [2.24, 2.45) is 0 Å². The third-order valence-electron chi connectivity index (χ3n) is 4.92. The van der Waals surface area contributed by atoms with E-state index in [9.17, 15) is 9.90 Å². The summed E-state index contributed by atoms with van der Waals surface area (Å²) in [6.07, 6.45) is 1.65. The zero-order chi connectivity index (χ0) is 22.0. The number of carbonyl (C=O) groups is 1. The number of hydrogen-bond donors (Lipinski definition) is 4. The van der Waals surface area contributed by atoms with Crippen LogP contribution in [0.4, 0.5) is 0 Å². The number of phenols is 1. The van der Waals surface area contributed by atoms with Gasteiger partial charge in [0.15, 0.2) is 0 Å². The highest BCUT2D eigenvalue weighted by atomic mass is 16.5. The van der Waals surface area contributed by atoms with Crippen molar-refractivity contribution in [1.82, 2.24) is 20.3 Å². The molecule has 8 heteroatoms. The molecule has 1 atom stereocenters. The topological polar surface area (TPSA) is 120 Å². The van der Waals surface area contributed by atoms with Crippen molar-refractivity contribution in [3.63, 3.8) is 0 Å². The van der Waals surface area contributed by atoms with Gasteiger partial charge in [-0.05, 0) is 55.0 Å². The van der Waals surface area contributed by atoms with Crippen LogP contribution in [0.5, 0.6) is 11.6 Å². The number of nitrogens with zero attached hydrogens (tertiary/aromatic N) is 2. The molecular formula is C23H22N4O4. The third kappa shape index (κ3) is 4.06. The largest absolute Gasteiger partial charge is 0.507 e. The molecule has 0 bridgehead atoms. The number of ether oxygens (including phenoxy) is 1. The van der Waals surface area contributed by atoms with Crippen molar-refractivity contribution in [1.29, 1.82) is 0 Å². The Morgan fingerprint density at radius 2 is 2.03 bits per heavy atom. The van der Waals surface area contributed by atoms with Crippen molar-refractivity contribution >= 4 is 16.9 Å². The van der Waals surface area contributed by atoms with Gasteiger partial charge in [0.1, 0.15) is 11.6 Å². The number of amides is 1. The monoisotopic (exact) mass is 418 g/mol. The molecule has 0 aliphatic rings. The summed E-state index contributed by atoms with van der Waals surface area (Å²) >= 11 is 0. The fraction of sp³-hybridized carbons (Fsp3) is 0.174. The third-order valence-corrected chi connectivity index (χ3v) is 4.92. The second-order valence-electron chi connectivity index (χ2n) is 7.17. The van der Waals surface area contributed by atoms with E-state index in [1.54, 1.807) is 50.6 Å². The average molecular weight is 418 g/mol. The molecule has 4 rings (SSSR count). The van der Waals surface area contributed by atoms with E-state index in [0.717, 1.165) is 11.1 Å². The number of phenolic OH excluding ortho intramolecular Hbond substituents is 1. The first-order valence-electron chi connectivity index (χ1n) is 9.74. The molecule has 0 spiro atoms. The van der Waals surface area contributed by atoms with Gasteiger partial charge in [-0.15, -0.1) is 0 Å². The standard InChI is InChI=1S/C23H22N4O4/c1-13(12-28)25-22(30)15-5-7-18-19(11-15)27-21(26-18)17-10-14(6-8-20(17)29)16-4-3-9-24-23(16)31-2/h3-11,13,28-29H,12H2,1-2H3,(H,25,30)(H,26,27). The van der Waals surface area contributed by atoms with Gasteiger partial charge in [-0.2, -0.15) is 0 Å². The molecule has 8 nitrogen and oxygen atoms in total. The number of fused-ring (bicyclic) bond motifs is 1. The first-order chi connectivity index (χ1) is 15.0. The number of rotatable bonds is 6. The van der Waals surface area contributed by atoms with Crippen LogP contribution in [0, 0.1) is 0 Å². The highest BCUT2D eigenvalue weighted by molar-refractivity contribution is 5.98. The van der Waals surface area contributed by atoms with Crippen LogP contribution in [0.3, 0.4) is 0 Å². The maximum atomic E-state index is 12.3. The zero-order valence-electron chi connectivity index (χ0n) is 17.1. The highest BCUT2D eigenvalue weighted by Crippen LogP contribution is 2.35. The van der Waals surface area contributed by atoms with Crippen LogP contribution in [0.1, 0.15) is 17.3 Å². The van der Waals surface area contributed by atoms with Gasteiger partial charge in [-0.3, -0.25) is 4.79 Å². The van der Waals surface area contributed by atoms with E-state index < -0.39 is 0 Å². The fourth-order valence-electron chi connectivity index (χ4n) is 3.30. The molecule has 31 heavy (non-hydrogen) atoms. The molecule has 2 aromatic carbocycles. The summed E-state index contributed by atoms with van der Waals surface area (Å²) in [5, 5.41) is 22.3. The van der Waals surface area contributed by atoms with Gasteiger partial charge >= 0.3 is 0 Å². The second kappa shape index (κ2) is 8.45. The first-order valence-corrected chi connectivity index (χ1v) is 9.74. The van der Waals surface area contributed by atoms with Gasteiger partial charge in [-0.25, -0.2) is 9.97 Å². The van der Waals surface area contributed by atoms with Gasteiger partial charge in [0, 0.05) is 23.4 Å². The maximum Gasteiger partial charge on any atom is 0.251 e. The fourth-order valence-corrected chi connectivity index (χ4v) is 3.30. The van der Waals surface area contributed by atoms with E-state index in [4.69, 9.17) is 9.84 Å². The zero-order valence-corrected chi connectivity index (χ0v) is 17.1. The number of methoxy groups -OCH3 is 1. The quantitative estimate of drug-likeness (QED) is 0.382. The Bertz CT molecular complexity index is 1250. The van der Waals surface area contributed by atoms with Crippen LogP contribution in [0.25, 0.3) is 33.5 Å². The molecule has 0 radical (unpaired) electrons. The summed E-state index contributed by atoms with van der Waals surface area (Å²) in [6.45, 7) is 1.58. The molecular weight excluding hydrogens is 396 g/mol. The minimum Gasteiger partial charge on any atom is -0.507 e. The number of aliphatic hydroxyl groups is 1. The Morgan fingerprint density at radius 1 is 1.19 bits per heavy atom. The van der Waals surface area contributed by atoms with Crippen LogP contribution >= 0.6 is 0 Å². The van der Waals surface area contributed by atoms with E-state index in [2.05, 4.69) is 20.3 Å². The van der Waals surface area contributed by atoms with Gasteiger partial charge < -0.3 is 25.3 Å². The number of aromatic hydroxyl groups is 1. The van der Waals surface area contributed by atoms with E-state index in [1.165, 1.54) is 0 Å². The number of hydrogen-bond acceptors (Lipinski definition) is 6. The van der Waals surface area contributed by atoms with E-state index in [-0.39, 0.29) is 24.3 Å². The molecule has 0 saturated heterocycles. The van der Waals surface area contributed by atoms with E-state index in [1.807, 2.05) is 18.2 Å². The van der Waals surface area contributed by atoms with Crippen LogP contribution in [0.15, 0.2) is 54.7 Å². The number of imidazole rings is 1. The van der Waals surface area contributed by atoms with Crippen LogP contribution in [-0.4, -0.2) is 50.8 Å². The molecule has 2 heterocycles. The lowest BCUT2D eigenvalue weighted by Gasteiger charge is -2.10. The molecule has 4 aromatic rings. The number of nitrogens with one attached hydrogen (secondary N) is 2. The summed E-state index contributed by atoms with van der Waals surface area (Å²) in [7, 11) is 1.56. The van der Waals surface area contributed by atoms with Gasteiger partial charge in [0.2, 0.25) is 5.88 Å². The first kappa shape index (κ1) is 20.4. The maximum absolute atomic E-state index is 12.3. The minimum atomic E-state index is -0.343. The number of H-pyrrole nitrogens is 1. The molecule has 1 unspecified atom stereocenters. The summed E-state index contributed by atoms with van der Waals surface area (Å²) in [4.78, 5) is 24.3. The van der Waals surface area contributed by atoms with Crippen LogP contribution in [-0.2, 0) is 0 Å². The number of aliphatic hydroxyl groups excluding tert-OH is 1. The Labute approximate surface area is 178 Å². The lowest BCUT2D eigenvalue weighted by atomic mass is 10.0. The summed E-state index contributed by atoms with van der Waals surface area (Å²) in [6, 6.07) is 13.6. The molecule has 0 aliphatic carbocycles. The van der Waals surface area contributed by atoms with Crippen molar-refractivity contribution in [2.45, 2.75) is 13.0 Å². The van der Waals surface area contributed by atoms with E-state index in [0.29, 0.717) is 33.9 Å². The lowest BCUT2D eigenvalue weighted by Crippen LogP contribution is -2.34. The number of aromatic amines is 1. The van der Waals surface area contributed by atoms with Gasteiger partial charge in [-0.1, -0.05) is 6.07 Å². The molecule has 0 saturated carbocycles. The molecule has 0 fully saturated rings. The molecule has 0 aliphatic heterocycles. The van der Waals surface area contributed by atoms with Gasteiger partial charge in [0.25, 0.3) is 5.91 Å². The van der Waals surface area contributed by atoms with Crippen molar-refractivity contribution < 1.29 is 19.7 Å². The second-order valence-corrected chi connectivity index (χ2v) is 7.17. The Morgan fingerprint density at radius 3 is 2.81 bits per heavy atom. The smallest absolute Gasteiger partial charge is 0.251 e. The number of pyridine rings is 1. The lowest BCUT2D eigenvalue weighted by molar-refractivity contribution is 0.0922. The highest BCUT2D eigenvalue weighted by Gasteiger charge is 2.15. The summed E-state index contributed by atoms with van der Waals surface area (Å²) < 4.78 is 5.34. The molecule has 1 amide bonds. The normalized spacial score (nSPS) is 12.0. The van der Waals surface area contributed by atoms with Crippen LogP contribution in [0.2, 0.25) is 0 Å². The number of benzene rings is 2. The van der Waals surface area contributed by atoms with Crippen molar-refractivity contribution in [2.75, 3.05) is 13.7 Å². The Balaban J connectivity index is 1.72. The van der Waals surface area contributed by atoms with E-state index >= 15 is 0 Å². The van der Waals surface area contributed by atoms with Crippen LogP contribution < -0.4 is 10.1 Å². The summed E-state index contributed by atoms with van der Waals surface area (Å²) in [5.74, 6) is 0.739. The van der Waals surface area contributed by atoms with Gasteiger partial charge in [0.05, 0.1) is 30.3 Å². The Hall–Kier alpha value is -3.91. The molecule has 158 valence electrons. The number of carbonyl (C=O) groups excluding carboxylic acids is 1. The average Bonchev–Trinajstić information content (AvgIpc) is 3.22. The molecule has 2 aromatic heterocycles. The predicted molar refractivity (Wildman–Crippen MR) is 117 cm³/mol. The van der Waals surface area contributed by atoms with Crippen molar-refractivity contribution in [3.8, 4) is 34.1 Å². The predicted octanol–water partition coefficient (Wildman–Crippen LogP) is 3.12. The van der Waals surface area contributed by atoms with Crippen molar-refractivity contribution in [3.05, 3.63) is 60.3 Å². The molecule has 4 N–H and O–H groups in total. The number of aromatic nitrogens is 3. The SMILES string of the molecule is COc1ncccc1-c1ccc(O)c(-c2nc3ccc(C(=O)NC(C)CO)cc3[nH]2)c1.